The number of pyridine rings is 1. The number of amides is 2. The number of anilines is 2. The molecule has 0 unspecified atom stereocenters. The molecule has 0 saturated heterocycles. The van der Waals surface area contributed by atoms with Crippen LogP contribution in [-0.4, -0.2) is 31.6 Å². The van der Waals surface area contributed by atoms with Gasteiger partial charge in [0.1, 0.15) is 0 Å². The number of hydrogen-bond donors (Lipinski definition) is 2. The van der Waals surface area contributed by atoms with Crippen LogP contribution in [0.1, 0.15) is 28.4 Å². The maximum Gasteiger partial charge on any atom is 0.258 e. The van der Waals surface area contributed by atoms with Crippen molar-refractivity contribution in [2.45, 2.75) is 12.5 Å². The highest BCUT2D eigenvalue weighted by Crippen LogP contribution is 2.29. The highest BCUT2D eigenvalue weighted by Gasteiger charge is 2.29. The third-order valence-corrected chi connectivity index (χ3v) is 3.91. The molecule has 0 bridgehead atoms. The Balaban J connectivity index is 1.63. The van der Waals surface area contributed by atoms with Crippen molar-refractivity contribution in [1.82, 2.24) is 19.7 Å². The minimum absolute atomic E-state index is 0.138. The molecule has 8 nitrogen and oxygen atoms in total. The smallest absolute Gasteiger partial charge is 0.258 e. The van der Waals surface area contributed by atoms with Gasteiger partial charge < -0.3 is 0 Å². The molecule has 1 atom stereocenters. The zero-order valence-corrected chi connectivity index (χ0v) is 13.1. The number of carbonyl (C=O) groups is 2. The molecule has 3 heterocycles. The van der Waals surface area contributed by atoms with Gasteiger partial charge in [0.15, 0.2) is 0 Å². The Morgan fingerprint density at radius 2 is 1.92 bits per heavy atom. The molecule has 2 N–H and O–H groups in total. The lowest BCUT2D eigenvalue weighted by Gasteiger charge is -2.23. The molecule has 1 aliphatic rings. The lowest BCUT2D eigenvalue weighted by Crippen LogP contribution is -2.29. The van der Waals surface area contributed by atoms with E-state index in [1.54, 1.807) is 16.8 Å². The van der Waals surface area contributed by atoms with Crippen molar-refractivity contribution in [3.05, 3.63) is 66.0 Å². The third-order valence-electron chi connectivity index (χ3n) is 3.91. The summed E-state index contributed by atoms with van der Waals surface area (Å²) in [6, 6.07) is 12.5. The second-order valence-corrected chi connectivity index (χ2v) is 5.57. The van der Waals surface area contributed by atoms with Crippen LogP contribution in [0.5, 0.6) is 0 Å². The number of hydrogen-bond acceptors (Lipinski definition) is 5. The molecule has 4 rings (SSSR count). The van der Waals surface area contributed by atoms with Crippen molar-refractivity contribution < 1.29 is 9.59 Å². The molecule has 1 aliphatic heterocycles. The third kappa shape index (κ3) is 2.97. The molecule has 2 amide bonds. The molecular formula is C17H14N6O2. The monoisotopic (exact) mass is 334 g/mol. The number of fused-ring (bicyclic) bond motifs is 1. The summed E-state index contributed by atoms with van der Waals surface area (Å²) >= 11 is 0. The normalized spacial score (nSPS) is 16.0. The first-order valence-corrected chi connectivity index (χ1v) is 7.73. The van der Waals surface area contributed by atoms with E-state index in [1.807, 2.05) is 30.3 Å². The predicted octanol–water partition coefficient (Wildman–Crippen LogP) is 1.86. The van der Waals surface area contributed by atoms with Crippen LogP contribution in [0.4, 0.5) is 11.9 Å². The minimum Gasteiger partial charge on any atom is -0.295 e. The average molecular weight is 334 g/mol. The van der Waals surface area contributed by atoms with Gasteiger partial charge in [0.05, 0.1) is 12.5 Å². The number of benzene rings is 1. The van der Waals surface area contributed by atoms with Gasteiger partial charge in [0.2, 0.25) is 11.9 Å². The Hall–Kier alpha value is -3.55. The van der Waals surface area contributed by atoms with Crippen LogP contribution < -0.4 is 10.6 Å². The number of nitrogens with zero attached hydrogens (tertiary/aromatic N) is 4. The molecule has 0 fully saturated rings. The molecule has 124 valence electrons. The summed E-state index contributed by atoms with van der Waals surface area (Å²) in [4.78, 5) is 32.3. The second kappa shape index (κ2) is 6.16. The van der Waals surface area contributed by atoms with Gasteiger partial charge >= 0.3 is 0 Å². The van der Waals surface area contributed by atoms with Gasteiger partial charge in [0, 0.05) is 18.0 Å². The quantitative estimate of drug-likeness (QED) is 0.761. The highest BCUT2D eigenvalue weighted by molar-refractivity contribution is 6.03. The molecule has 0 saturated carbocycles. The van der Waals surface area contributed by atoms with E-state index in [1.165, 1.54) is 12.4 Å². The van der Waals surface area contributed by atoms with Crippen LogP contribution in [-0.2, 0) is 4.79 Å². The largest absolute Gasteiger partial charge is 0.295 e. The van der Waals surface area contributed by atoms with E-state index in [-0.39, 0.29) is 30.2 Å². The summed E-state index contributed by atoms with van der Waals surface area (Å²) in [6.07, 6.45) is 3.33. The lowest BCUT2D eigenvalue weighted by molar-refractivity contribution is -0.117. The van der Waals surface area contributed by atoms with Crippen molar-refractivity contribution in [2.24, 2.45) is 0 Å². The molecule has 0 aliphatic carbocycles. The van der Waals surface area contributed by atoms with E-state index in [9.17, 15) is 9.59 Å². The molecule has 25 heavy (non-hydrogen) atoms. The number of rotatable bonds is 3. The summed E-state index contributed by atoms with van der Waals surface area (Å²) in [7, 11) is 0. The van der Waals surface area contributed by atoms with Crippen LogP contribution in [0, 0.1) is 0 Å². The molecule has 8 heteroatoms. The highest BCUT2D eigenvalue weighted by atomic mass is 16.2. The first-order valence-electron chi connectivity index (χ1n) is 7.73. The first kappa shape index (κ1) is 15.0. The summed E-state index contributed by atoms with van der Waals surface area (Å²) in [6.45, 7) is 0. The first-order chi connectivity index (χ1) is 12.2. The van der Waals surface area contributed by atoms with Crippen LogP contribution in [0.15, 0.2) is 54.9 Å². The van der Waals surface area contributed by atoms with Gasteiger partial charge in [-0.25, -0.2) is 4.68 Å². The minimum atomic E-state index is -0.340. The van der Waals surface area contributed by atoms with Crippen LogP contribution in [0.3, 0.4) is 0 Å². The average Bonchev–Trinajstić information content (AvgIpc) is 3.04. The van der Waals surface area contributed by atoms with E-state index in [2.05, 4.69) is 25.7 Å². The fourth-order valence-corrected chi connectivity index (χ4v) is 2.73. The van der Waals surface area contributed by atoms with Crippen molar-refractivity contribution in [3.63, 3.8) is 0 Å². The number of carbonyl (C=O) groups excluding carboxylic acids is 2. The van der Waals surface area contributed by atoms with Gasteiger partial charge in [0.25, 0.3) is 11.9 Å². The Morgan fingerprint density at radius 1 is 1.16 bits per heavy atom. The Bertz CT molecular complexity index is 923. The maximum absolute atomic E-state index is 12.2. The van der Waals surface area contributed by atoms with E-state index in [0.29, 0.717) is 11.5 Å². The van der Waals surface area contributed by atoms with Crippen molar-refractivity contribution in [3.8, 4) is 0 Å². The Morgan fingerprint density at radius 3 is 2.68 bits per heavy atom. The molecular weight excluding hydrogens is 320 g/mol. The van der Waals surface area contributed by atoms with Gasteiger partial charge in [-0.3, -0.25) is 25.2 Å². The van der Waals surface area contributed by atoms with E-state index in [0.717, 1.165) is 5.56 Å². The van der Waals surface area contributed by atoms with Gasteiger partial charge in [-0.05, 0) is 17.7 Å². The number of aromatic nitrogens is 4. The van der Waals surface area contributed by atoms with Crippen molar-refractivity contribution in [1.29, 1.82) is 0 Å². The fourth-order valence-electron chi connectivity index (χ4n) is 2.73. The van der Waals surface area contributed by atoms with Crippen molar-refractivity contribution in [2.75, 3.05) is 10.6 Å². The zero-order valence-electron chi connectivity index (χ0n) is 13.1. The predicted molar refractivity (Wildman–Crippen MR) is 90.0 cm³/mol. The van der Waals surface area contributed by atoms with Crippen molar-refractivity contribution >= 4 is 23.7 Å². The summed E-state index contributed by atoms with van der Waals surface area (Å²) < 4.78 is 1.62. The number of nitrogens with one attached hydrogen (secondary N) is 2. The van der Waals surface area contributed by atoms with E-state index < -0.39 is 0 Å². The van der Waals surface area contributed by atoms with Gasteiger partial charge in [-0.15, -0.1) is 5.10 Å². The van der Waals surface area contributed by atoms with Crippen LogP contribution >= 0.6 is 0 Å². The Labute approximate surface area is 142 Å². The summed E-state index contributed by atoms with van der Waals surface area (Å²) in [5.41, 5.74) is 1.40. The zero-order chi connectivity index (χ0) is 17.2. The van der Waals surface area contributed by atoms with Crippen LogP contribution in [0.25, 0.3) is 0 Å². The van der Waals surface area contributed by atoms with Crippen LogP contribution in [0.2, 0.25) is 0 Å². The SMILES string of the molecule is O=C1C[C@@H](c2ccccc2)n2nc(NC(=O)c3ccncc3)nc2N1. The molecule has 1 aromatic carbocycles. The molecule has 3 aromatic rings. The summed E-state index contributed by atoms with van der Waals surface area (Å²) in [5, 5.41) is 9.68. The Kier molecular flexibility index (Phi) is 3.70. The maximum atomic E-state index is 12.2. The molecule has 2 aromatic heterocycles. The topological polar surface area (TPSA) is 102 Å². The summed E-state index contributed by atoms with van der Waals surface area (Å²) in [5.74, 6) is -0.0243. The molecule has 0 spiro atoms. The second-order valence-electron chi connectivity index (χ2n) is 5.57. The molecule has 0 radical (unpaired) electrons. The van der Waals surface area contributed by atoms with E-state index >= 15 is 0 Å². The lowest BCUT2D eigenvalue weighted by atomic mass is 10.0. The fraction of sp³-hybridized carbons (Fsp3) is 0.118. The van der Waals surface area contributed by atoms with Gasteiger partial charge in [-0.1, -0.05) is 30.3 Å². The standard InChI is InChI=1S/C17H14N6O2/c24-14-10-13(11-4-2-1-3-5-11)23-17(19-14)21-16(22-23)20-15(25)12-6-8-18-9-7-12/h1-9,13H,10H2,(H2,19,20,21,22,24,25)/t13-/m0/s1. The van der Waals surface area contributed by atoms with Gasteiger partial charge in [-0.2, -0.15) is 4.98 Å². The van der Waals surface area contributed by atoms with E-state index in [4.69, 9.17) is 0 Å².